The van der Waals surface area contributed by atoms with Crippen molar-refractivity contribution < 1.29 is 0 Å². The Morgan fingerprint density at radius 1 is 1.29 bits per heavy atom. The smallest absolute Gasteiger partial charge is 0.138 e. The van der Waals surface area contributed by atoms with E-state index in [2.05, 4.69) is 11.1 Å². The van der Waals surface area contributed by atoms with Crippen LogP contribution in [-0.4, -0.2) is 4.98 Å². The van der Waals surface area contributed by atoms with Gasteiger partial charge in [-0.05, 0) is 23.9 Å². The lowest BCUT2D eigenvalue weighted by molar-refractivity contribution is 1.41. The highest BCUT2D eigenvalue weighted by atomic mass is 32.2. The fourth-order valence-electron chi connectivity index (χ4n) is 1.30. The molecule has 0 radical (unpaired) electrons. The van der Waals surface area contributed by atoms with Crippen LogP contribution in [0.25, 0.3) is 10.9 Å². The molecule has 0 fully saturated rings. The molecule has 66 valence electrons. The average Bonchev–Trinajstić information content (AvgIpc) is 2.61. The molecule has 1 heterocycles. The summed E-state index contributed by atoms with van der Waals surface area (Å²) in [5, 5.41) is 20.2. The number of hydrogen-bond acceptors (Lipinski definition) is 3. The maximum Gasteiger partial charge on any atom is 0.138 e. The number of rotatable bonds is 1. The van der Waals surface area contributed by atoms with Gasteiger partial charge < -0.3 is 4.98 Å². The molecular formula is C10H5N3S. The number of aromatic amines is 1. The number of H-pyrrole nitrogens is 1. The van der Waals surface area contributed by atoms with E-state index < -0.39 is 0 Å². The van der Waals surface area contributed by atoms with Gasteiger partial charge in [-0.2, -0.15) is 10.5 Å². The van der Waals surface area contributed by atoms with Crippen molar-refractivity contribution in [3.63, 3.8) is 0 Å². The Morgan fingerprint density at radius 3 is 2.86 bits per heavy atom. The van der Waals surface area contributed by atoms with Gasteiger partial charge in [-0.1, -0.05) is 6.07 Å². The SMILES string of the molecule is N#CSc1c[nH]c2cc(C#N)ccc12. The Hall–Kier alpha value is -1.91. The third-order valence-electron chi connectivity index (χ3n) is 1.93. The van der Waals surface area contributed by atoms with E-state index in [0.717, 1.165) is 27.6 Å². The summed E-state index contributed by atoms with van der Waals surface area (Å²) in [6.07, 6.45) is 1.78. The van der Waals surface area contributed by atoms with E-state index in [1.54, 1.807) is 18.3 Å². The van der Waals surface area contributed by atoms with E-state index in [0.29, 0.717) is 5.56 Å². The van der Waals surface area contributed by atoms with E-state index in [9.17, 15) is 0 Å². The van der Waals surface area contributed by atoms with Crippen molar-refractivity contribution in [2.24, 2.45) is 0 Å². The van der Waals surface area contributed by atoms with Crippen molar-refractivity contribution in [1.29, 1.82) is 10.5 Å². The second-order valence-electron chi connectivity index (χ2n) is 2.72. The standard InChI is InChI=1S/C10H5N3S/c11-4-7-1-2-8-9(3-7)13-5-10(8)14-6-12/h1-3,5,13H. The van der Waals surface area contributed by atoms with E-state index in [4.69, 9.17) is 10.5 Å². The van der Waals surface area contributed by atoms with Crippen LogP contribution in [-0.2, 0) is 0 Å². The van der Waals surface area contributed by atoms with E-state index >= 15 is 0 Å². The first-order chi connectivity index (χ1) is 6.85. The van der Waals surface area contributed by atoms with Crippen LogP contribution in [0.1, 0.15) is 5.56 Å². The molecule has 1 N–H and O–H groups in total. The maximum absolute atomic E-state index is 8.69. The lowest BCUT2D eigenvalue weighted by atomic mass is 10.2. The summed E-state index contributed by atoms with van der Waals surface area (Å²) < 4.78 is 0. The molecule has 2 rings (SSSR count). The molecule has 0 aliphatic heterocycles. The van der Waals surface area contributed by atoms with Crippen LogP contribution in [0.4, 0.5) is 0 Å². The van der Waals surface area contributed by atoms with Crippen molar-refractivity contribution in [2.45, 2.75) is 4.90 Å². The monoisotopic (exact) mass is 199 g/mol. The van der Waals surface area contributed by atoms with Gasteiger partial charge in [0, 0.05) is 22.0 Å². The molecule has 0 aliphatic carbocycles. The van der Waals surface area contributed by atoms with Gasteiger partial charge in [0.15, 0.2) is 0 Å². The topological polar surface area (TPSA) is 63.4 Å². The van der Waals surface area contributed by atoms with Crippen molar-refractivity contribution >= 4 is 22.7 Å². The summed E-state index contributed by atoms with van der Waals surface area (Å²) >= 11 is 1.12. The van der Waals surface area contributed by atoms with Gasteiger partial charge in [0.1, 0.15) is 5.40 Å². The van der Waals surface area contributed by atoms with Crippen LogP contribution >= 0.6 is 11.8 Å². The van der Waals surface area contributed by atoms with Crippen LogP contribution in [0.3, 0.4) is 0 Å². The van der Waals surface area contributed by atoms with Crippen LogP contribution in [0.15, 0.2) is 29.3 Å². The molecule has 3 nitrogen and oxygen atoms in total. The van der Waals surface area contributed by atoms with Gasteiger partial charge in [0.2, 0.25) is 0 Å². The van der Waals surface area contributed by atoms with Crippen LogP contribution in [0.5, 0.6) is 0 Å². The van der Waals surface area contributed by atoms with Gasteiger partial charge in [-0.15, -0.1) is 0 Å². The van der Waals surface area contributed by atoms with Gasteiger partial charge in [-0.3, -0.25) is 0 Å². The van der Waals surface area contributed by atoms with Gasteiger partial charge in [-0.25, -0.2) is 0 Å². The summed E-state index contributed by atoms with van der Waals surface area (Å²) in [6.45, 7) is 0. The van der Waals surface area contributed by atoms with Crippen molar-refractivity contribution in [3.05, 3.63) is 30.0 Å². The summed E-state index contributed by atoms with van der Waals surface area (Å²) in [5.74, 6) is 0. The van der Waals surface area contributed by atoms with Crippen molar-refractivity contribution in [3.8, 4) is 11.5 Å². The quantitative estimate of drug-likeness (QED) is 0.567. The lowest BCUT2D eigenvalue weighted by Crippen LogP contribution is -1.73. The molecule has 14 heavy (non-hydrogen) atoms. The molecule has 1 aromatic heterocycles. The zero-order chi connectivity index (χ0) is 9.97. The molecule has 0 bridgehead atoms. The number of nitrogens with zero attached hydrogens (tertiary/aromatic N) is 2. The largest absolute Gasteiger partial charge is 0.360 e. The number of hydrogen-bond donors (Lipinski definition) is 1. The maximum atomic E-state index is 8.69. The molecule has 2 aromatic rings. The lowest BCUT2D eigenvalue weighted by Gasteiger charge is -1.91. The minimum Gasteiger partial charge on any atom is -0.360 e. The Labute approximate surface area is 85.0 Å². The highest BCUT2D eigenvalue weighted by molar-refractivity contribution is 8.04. The summed E-state index contributed by atoms with van der Waals surface area (Å²) in [7, 11) is 0. The van der Waals surface area contributed by atoms with E-state index in [-0.39, 0.29) is 0 Å². The number of nitrogens with one attached hydrogen (secondary N) is 1. The van der Waals surface area contributed by atoms with Crippen LogP contribution in [0.2, 0.25) is 0 Å². The Morgan fingerprint density at radius 2 is 2.14 bits per heavy atom. The fraction of sp³-hybridized carbons (Fsp3) is 0. The fourth-order valence-corrected chi connectivity index (χ4v) is 1.81. The Balaban J connectivity index is 2.62. The predicted octanol–water partition coefficient (Wildman–Crippen LogP) is 2.61. The number of thiocyanates is 1. The third kappa shape index (κ3) is 1.32. The molecule has 0 saturated carbocycles. The van der Waals surface area contributed by atoms with Gasteiger partial charge >= 0.3 is 0 Å². The van der Waals surface area contributed by atoms with Gasteiger partial charge in [0.25, 0.3) is 0 Å². The molecule has 1 aromatic carbocycles. The van der Waals surface area contributed by atoms with Crippen molar-refractivity contribution in [2.75, 3.05) is 0 Å². The average molecular weight is 199 g/mol. The highest BCUT2D eigenvalue weighted by Crippen LogP contribution is 2.27. The highest BCUT2D eigenvalue weighted by Gasteiger charge is 2.04. The normalized spacial score (nSPS) is 9.57. The zero-order valence-electron chi connectivity index (χ0n) is 7.11. The first kappa shape index (κ1) is 8.68. The predicted molar refractivity (Wildman–Crippen MR) is 54.5 cm³/mol. The molecule has 0 spiro atoms. The summed E-state index contributed by atoms with van der Waals surface area (Å²) in [5.41, 5.74) is 1.51. The second-order valence-corrected chi connectivity index (χ2v) is 3.54. The van der Waals surface area contributed by atoms with E-state index in [1.807, 2.05) is 11.5 Å². The van der Waals surface area contributed by atoms with Crippen LogP contribution < -0.4 is 0 Å². The third-order valence-corrected chi connectivity index (χ3v) is 2.58. The molecule has 0 atom stereocenters. The number of nitriles is 2. The van der Waals surface area contributed by atoms with Crippen molar-refractivity contribution in [1.82, 2.24) is 4.98 Å². The number of benzene rings is 1. The number of aromatic nitrogens is 1. The Kier molecular flexibility index (Phi) is 2.14. The minimum atomic E-state index is 0.618. The van der Waals surface area contributed by atoms with Gasteiger partial charge in [0.05, 0.1) is 11.6 Å². The molecule has 4 heteroatoms. The first-order valence-electron chi connectivity index (χ1n) is 3.92. The summed E-state index contributed by atoms with van der Waals surface area (Å²) in [4.78, 5) is 3.92. The number of fused-ring (bicyclic) bond motifs is 1. The Bertz CT molecular complexity index is 557. The summed E-state index contributed by atoms with van der Waals surface area (Å²) in [6, 6.07) is 7.44. The number of thioether (sulfide) groups is 1. The second kappa shape index (κ2) is 3.45. The van der Waals surface area contributed by atoms with E-state index in [1.165, 1.54) is 0 Å². The first-order valence-corrected chi connectivity index (χ1v) is 4.74. The minimum absolute atomic E-state index is 0.618. The molecular weight excluding hydrogens is 194 g/mol. The molecule has 0 amide bonds. The molecule has 0 saturated heterocycles. The van der Waals surface area contributed by atoms with Crippen LogP contribution in [0, 0.1) is 22.0 Å². The molecule has 0 aliphatic rings. The zero-order valence-corrected chi connectivity index (χ0v) is 7.93. The molecule has 0 unspecified atom stereocenters.